The van der Waals surface area contributed by atoms with Gasteiger partial charge >= 0.3 is 0 Å². The molecule has 0 bridgehead atoms. The average Bonchev–Trinajstić information content (AvgIpc) is 2.97. The zero-order valence-electron chi connectivity index (χ0n) is 21.8. The molecule has 0 spiro atoms. The van der Waals surface area contributed by atoms with Crippen molar-refractivity contribution < 1.29 is 14.3 Å². The van der Waals surface area contributed by atoms with Gasteiger partial charge in [0.1, 0.15) is 12.4 Å². The lowest BCUT2D eigenvalue weighted by Crippen LogP contribution is -2.38. The van der Waals surface area contributed by atoms with Crippen LogP contribution in [0.4, 0.5) is 11.4 Å². The molecule has 2 aromatic rings. The fourth-order valence-electron chi connectivity index (χ4n) is 5.66. The molecule has 1 heterocycles. The number of ether oxygens (including phenoxy) is 1. The van der Waals surface area contributed by atoms with Crippen LogP contribution in [0.5, 0.6) is 5.75 Å². The van der Waals surface area contributed by atoms with E-state index >= 15 is 0 Å². The van der Waals surface area contributed by atoms with Crippen LogP contribution in [-0.4, -0.2) is 18.3 Å². The Balaban J connectivity index is 1.56. The largest absolute Gasteiger partial charge is 0.488 e. The van der Waals surface area contributed by atoms with Gasteiger partial charge in [-0.1, -0.05) is 68.8 Å². The van der Waals surface area contributed by atoms with Crippen LogP contribution in [0, 0.1) is 11.3 Å². The number of nitrogens with one attached hydrogen (secondary N) is 1. The quantitative estimate of drug-likeness (QED) is 0.459. The van der Waals surface area contributed by atoms with Gasteiger partial charge in [-0.3, -0.25) is 14.5 Å². The van der Waals surface area contributed by atoms with E-state index in [1.54, 1.807) is 11.8 Å². The number of para-hydroxylation sites is 2. The maximum Gasteiger partial charge on any atom is 0.224 e. The predicted molar refractivity (Wildman–Crippen MR) is 149 cm³/mol. The van der Waals surface area contributed by atoms with Crippen molar-refractivity contribution in [3.05, 3.63) is 88.1 Å². The molecule has 192 valence electrons. The maximum absolute atomic E-state index is 13.7. The average molecular weight is 517 g/mol. The third-order valence-corrected chi connectivity index (χ3v) is 7.58. The molecular weight excluding hydrogens is 484 g/mol. The highest BCUT2D eigenvalue weighted by Crippen LogP contribution is 2.48. The SMILES string of the molecule is CC(=O)N1c2ccccc2NC2=C(C(=O)CC(C)(C)C2)[C@@H]1c1ccc(OCC2=CC=CC(C)C2)c(Cl)c1. The van der Waals surface area contributed by atoms with E-state index in [2.05, 4.69) is 44.3 Å². The van der Waals surface area contributed by atoms with E-state index in [1.807, 2.05) is 42.5 Å². The number of carbonyl (C=O) groups is 2. The van der Waals surface area contributed by atoms with Crippen LogP contribution in [0.1, 0.15) is 58.6 Å². The second-order valence-electron chi connectivity index (χ2n) is 11.1. The van der Waals surface area contributed by atoms with E-state index in [-0.39, 0.29) is 17.1 Å². The van der Waals surface area contributed by atoms with Gasteiger partial charge in [0.25, 0.3) is 0 Å². The number of nitrogens with zero attached hydrogens (tertiary/aromatic N) is 1. The normalized spacial score (nSPS) is 22.5. The summed E-state index contributed by atoms with van der Waals surface area (Å²) in [4.78, 5) is 28.5. The summed E-state index contributed by atoms with van der Waals surface area (Å²) >= 11 is 6.74. The second-order valence-corrected chi connectivity index (χ2v) is 11.5. The fraction of sp³-hybridized carbons (Fsp3) is 0.355. The van der Waals surface area contributed by atoms with Crippen LogP contribution in [0.3, 0.4) is 0 Å². The number of carbonyl (C=O) groups excluding carboxylic acids is 2. The molecule has 1 aliphatic heterocycles. The highest BCUT2D eigenvalue weighted by molar-refractivity contribution is 6.32. The number of allylic oxidation sites excluding steroid dienone is 4. The van der Waals surface area contributed by atoms with Gasteiger partial charge in [0, 0.05) is 24.6 Å². The van der Waals surface area contributed by atoms with Gasteiger partial charge in [0.15, 0.2) is 5.78 Å². The zero-order valence-corrected chi connectivity index (χ0v) is 22.6. The molecule has 5 nitrogen and oxygen atoms in total. The number of ketones is 1. The summed E-state index contributed by atoms with van der Waals surface area (Å²) < 4.78 is 6.07. The van der Waals surface area contributed by atoms with Gasteiger partial charge in [-0.25, -0.2) is 0 Å². The van der Waals surface area contributed by atoms with Crippen molar-refractivity contribution in [3.63, 3.8) is 0 Å². The molecule has 2 aromatic carbocycles. The summed E-state index contributed by atoms with van der Waals surface area (Å²) in [6.45, 7) is 8.40. The second kappa shape index (κ2) is 9.86. The molecule has 3 aliphatic rings. The lowest BCUT2D eigenvalue weighted by molar-refractivity contribution is -0.118. The lowest BCUT2D eigenvalue weighted by Gasteiger charge is -2.37. The first-order valence-corrected chi connectivity index (χ1v) is 13.2. The molecular formula is C31H33ClN2O3. The third kappa shape index (κ3) is 5.10. The number of anilines is 2. The number of hydrogen-bond acceptors (Lipinski definition) is 4. The van der Waals surface area contributed by atoms with Gasteiger partial charge in [-0.2, -0.15) is 0 Å². The minimum absolute atomic E-state index is 0.0469. The molecule has 2 aliphatic carbocycles. The Bertz CT molecular complexity index is 1350. The topological polar surface area (TPSA) is 58.6 Å². The molecule has 0 radical (unpaired) electrons. The zero-order chi connectivity index (χ0) is 26.3. The molecule has 6 heteroatoms. The molecule has 0 saturated heterocycles. The van der Waals surface area contributed by atoms with E-state index in [1.165, 1.54) is 5.57 Å². The van der Waals surface area contributed by atoms with Gasteiger partial charge in [-0.05, 0) is 59.6 Å². The first-order valence-electron chi connectivity index (χ1n) is 12.8. The van der Waals surface area contributed by atoms with Crippen molar-refractivity contribution >= 4 is 34.7 Å². The molecule has 37 heavy (non-hydrogen) atoms. The van der Waals surface area contributed by atoms with Crippen LogP contribution in [0.2, 0.25) is 5.02 Å². The molecule has 5 rings (SSSR count). The summed E-state index contributed by atoms with van der Waals surface area (Å²) in [6, 6.07) is 12.7. The van der Waals surface area contributed by atoms with E-state index in [4.69, 9.17) is 16.3 Å². The summed E-state index contributed by atoms with van der Waals surface area (Å²) in [5, 5.41) is 3.97. The Morgan fingerprint density at radius 2 is 1.97 bits per heavy atom. The van der Waals surface area contributed by atoms with E-state index in [9.17, 15) is 9.59 Å². The lowest BCUT2D eigenvalue weighted by atomic mass is 9.73. The van der Waals surface area contributed by atoms with Crippen LogP contribution in [-0.2, 0) is 9.59 Å². The Morgan fingerprint density at radius 1 is 1.19 bits per heavy atom. The van der Waals surface area contributed by atoms with Gasteiger partial charge in [-0.15, -0.1) is 0 Å². The molecule has 1 unspecified atom stereocenters. The summed E-state index contributed by atoms with van der Waals surface area (Å²) in [5.41, 5.74) is 4.86. The van der Waals surface area contributed by atoms with Gasteiger partial charge in [0.05, 0.1) is 22.4 Å². The van der Waals surface area contributed by atoms with Crippen LogP contribution in [0.15, 0.2) is 77.5 Å². The Hall–Kier alpha value is -3.31. The predicted octanol–water partition coefficient (Wildman–Crippen LogP) is 7.40. The summed E-state index contributed by atoms with van der Waals surface area (Å²) in [6.07, 6.45) is 8.43. The molecule has 1 amide bonds. The van der Waals surface area contributed by atoms with Crippen LogP contribution in [0.25, 0.3) is 0 Å². The number of benzene rings is 2. The van der Waals surface area contributed by atoms with E-state index in [0.717, 1.165) is 29.1 Å². The van der Waals surface area contributed by atoms with Crippen molar-refractivity contribution in [1.29, 1.82) is 0 Å². The monoisotopic (exact) mass is 516 g/mol. The van der Waals surface area contributed by atoms with Gasteiger partial charge < -0.3 is 10.1 Å². The van der Waals surface area contributed by atoms with Crippen LogP contribution >= 0.6 is 11.6 Å². The molecule has 0 aromatic heterocycles. The van der Waals surface area contributed by atoms with Crippen LogP contribution < -0.4 is 15.0 Å². The van der Waals surface area contributed by atoms with Crippen molar-refractivity contribution in [2.24, 2.45) is 11.3 Å². The highest BCUT2D eigenvalue weighted by Gasteiger charge is 2.42. The van der Waals surface area contributed by atoms with E-state index in [0.29, 0.717) is 41.7 Å². The minimum atomic E-state index is -0.592. The first kappa shape index (κ1) is 25.3. The number of fused-ring (bicyclic) bond motifs is 1. The minimum Gasteiger partial charge on any atom is -0.488 e. The Kier molecular flexibility index (Phi) is 6.76. The standard InChI is InChI=1S/C31H33ClN2O3/c1-19-8-7-9-21(14-19)18-37-28-13-12-22(15-23(28)32)30-29-25(16-31(3,4)17-27(29)36)33-24-10-5-6-11-26(24)34(30)20(2)35/h5-13,15,19,30,33H,14,16-18H2,1-4H3/t19?,30-/m0/s1. The van der Waals surface area contributed by atoms with Crippen molar-refractivity contribution in [3.8, 4) is 5.75 Å². The first-order chi connectivity index (χ1) is 17.6. The third-order valence-electron chi connectivity index (χ3n) is 7.28. The highest BCUT2D eigenvalue weighted by atomic mass is 35.5. The van der Waals surface area contributed by atoms with Crippen molar-refractivity contribution in [2.45, 2.75) is 53.0 Å². The van der Waals surface area contributed by atoms with E-state index < -0.39 is 6.04 Å². The Morgan fingerprint density at radius 3 is 2.70 bits per heavy atom. The Labute approximate surface area is 223 Å². The molecule has 0 fully saturated rings. The molecule has 0 saturated carbocycles. The molecule has 2 atom stereocenters. The van der Waals surface area contributed by atoms with Crippen molar-refractivity contribution in [1.82, 2.24) is 0 Å². The number of hydrogen-bond donors (Lipinski definition) is 1. The number of Topliss-reactive ketones (excluding diaryl/α,β-unsaturated/α-hetero) is 1. The van der Waals surface area contributed by atoms with Crippen molar-refractivity contribution in [2.75, 3.05) is 16.8 Å². The molecule has 1 N–H and O–H groups in total. The number of rotatable bonds is 4. The summed E-state index contributed by atoms with van der Waals surface area (Å²) in [7, 11) is 0. The fourth-order valence-corrected chi connectivity index (χ4v) is 5.91. The summed E-state index contributed by atoms with van der Waals surface area (Å²) in [5.74, 6) is 0.978. The smallest absolute Gasteiger partial charge is 0.224 e. The number of halogens is 1. The maximum atomic E-state index is 13.7. The number of amides is 1. The van der Waals surface area contributed by atoms with Gasteiger partial charge in [0.2, 0.25) is 5.91 Å².